The molecule has 2 aromatic rings. The van der Waals surface area contributed by atoms with E-state index in [0.29, 0.717) is 16.7 Å². The van der Waals surface area contributed by atoms with E-state index in [9.17, 15) is 4.79 Å². The maximum Gasteiger partial charge on any atom is 0.230 e. The van der Waals surface area contributed by atoms with Crippen molar-refractivity contribution in [2.24, 2.45) is 0 Å². The maximum atomic E-state index is 11.7. The number of aromatic amines is 1. The molecular formula is C14H19N5OS. The third-order valence-corrected chi connectivity index (χ3v) is 3.70. The van der Waals surface area contributed by atoms with E-state index in [4.69, 9.17) is 0 Å². The molecule has 0 radical (unpaired) electrons. The number of pyridine rings is 1. The quantitative estimate of drug-likeness (QED) is 0.577. The van der Waals surface area contributed by atoms with Crippen LogP contribution in [0, 0.1) is 0 Å². The highest BCUT2D eigenvalue weighted by molar-refractivity contribution is 7.99. The van der Waals surface area contributed by atoms with Gasteiger partial charge in [-0.25, -0.2) is 4.98 Å². The number of carbonyl (C=O) groups is 1. The fourth-order valence-electron chi connectivity index (χ4n) is 1.73. The van der Waals surface area contributed by atoms with Crippen LogP contribution in [0.15, 0.2) is 29.7 Å². The molecule has 2 heterocycles. The van der Waals surface area contributed by atoms with Crippen molar-refractivity contribution in [1.29, 1.82) is 0 Å². The number of thioether (sulfide) groups is 1. The van der Waals surface area contributed by atoms with E-state index in [1.165, 1.54) is 11.8 Å². The van der Waals surface area contributed by atoms with Gasteiger partial charge in [0, 0.05) is 24.5 Å². The molecular weight excluding hydrogens is 286 g/mol. The molecule has 0 atom stereocenters. The van der Waals surface area contributed by atoms with Crippen molar-refractivity contribution in [3.05, 3.63) is 24.5 Å². The Bertz CT molecular complexity index is 558. The molecule has 0 aliphatic carbocycles. The number of H-pyrrole nitrogens is 1. The number of nitrogens with one attached hydrogen (secondary N) is 2. The first-order chi connectivity index (χ1) is 10.3. The van der Waals surface area contributed by atoms with Crippen LogP contribution in [0.2, 0.25) is 0 Å². The summed E-state index contributed by atoms with van der Waals surface area (Å²) in [5.74, 6) is 1.04. The average Bonchev–Trinajstić information content (AvgIpc) is 2.99. The molecule has 2 N–H and O–H groups in total. The molecule has 0 aliphatic rings. The lowest BCUT2D eigenvalue weighted by atomic mass is 10.2. The van der Waals surface area contributed by atoms with Crippen LogP contribution in [0.4, 0.5) is 0 Å². The predicted octanol–water partition coefficient (Wildman–Crippen LogP) is 2.27. The summed E-state index contributed by atoms with van der Waals surface area (Å²) in [6.45, 7) is 2.88. The monoisotopic (exact) mass is 305 g/mol. The molecule has 2 rings (SSSR count). The van der Waals surface area contributed by atoms with Gasteiger partial charge in [0.15, 0.2) is 5.82 Å². The standard InChI is InChI=1S/C14H19N5OS/c1-2-3-4-7-16-12(20)10-21-14-17-13(18-19-14)11-5-8-15-9-6-11/h5-6,8-9H,2-4,7,10H2,1H3,(H,16,20)(H,17,18,19). The van der Waals surface area contributed by atoms with Crippen LogP contribution in [0.25, 0.3) is 11.4 Å². The second kappa shape index (κ2) is 8.41. The van der Waals surface area contributed by atoms with Gasteiger partial charge in [0.25, 0.3) is 0 Å². The third kappa shape index (κ3) is 5.18. The number of amides is 1. The lowest BCUT2D eigenvalue weighted by Gasteiger charge is -2.02. The van der Waals surface area contributed by atoms with E-state index >= 15 is 0 Å². The zero-order valence-electron chi connectivity index (χ0n) is 12.0. The van der Waals surface area contributed by atoms with Crippen molar-refractivity contribution in [3.8, 4) is 11.4 Å². The van der Waals surface area contributed by atoms with Crippen molar-refractivity contribution in [2.45, 2.75) is 31.3 Å². The van der Waals surface area contributed by atoms with E-state index in [2.05, 4.69) is 32.4 Å². The zero-order chi connectivity index (χ0) is 14.9. The summed E-state index contributed by atoms with van der Waals surface area (Å²) in [6, 6.07) is 3.71. The predicted molar refractivity (Wildman–Crippen MR) is 82.9 cm³/mol. The van der Waals surface area contributed by atoms with Gasteiger partial charge in [-0.1, -0.05) is 31.5 Å². The van der Waals surface area contributed by atoms with Gasteiger partial charge in [0.2, 0.25) is 11.1 Å². The van der Waals surface area contributed by atoms with Gasteiger partial charge >= 0.3 is 0 Å². The van der Waals surface area contributed by atoms with Crippen LogP contribution < -0.4 is 5.32 Å². The number of nitrogens with zero attached hydrogens (tertiary/aromatic N) is 3. The van der Waals surface area contributed by atoms with Crippen LogP contribution in [0.1, 0.15) is 26.2 Å². The molecule has 1 amide bonds. The Morgan fingerprint density at radius 2 is 2.14 bits per heavy atom. The molecule has 112 valence electrons. The average molecular weight is 305 g/mol. The Balaban J connectivity index is 1.77. The fourth-order valence-corrected chi connectivity index (χ4v) is 2.36. The highest BCUT2D eigenvalue weighted by Gasteiger charge is 2.08. The van der Waals surface area contributed by atoms with Crippen LogP contribution >= 0.6 is 11.8 Å². The van der Waals surface area contributed by atoms with Crippen molar-refractivity contribution in [2.75, 3.05) is 12.3 Å². The van der Waals surface area contributed by atoms with Crippen molar-refractivity contribution < 1.29 is 4.79 Å². The van der Waals surface area contributed by atoms with Gasteiger partial charge < -0.3 is 5.32 Å². The topological polar surface area (TPSA) is 83.6 Å². The summed E-state index contributed by atoms with van der Waals surface area (Å²) in [6.07, 6.45) is 6.73. The molecule has 7 heteroatoms. The molecule has 0 fully saturated rings. The minimum atomic E-state index is 0.0198. The summed E-state index contributed by atoms with van der Waals surface area (Å²) in [4.78, 5) is 20.0. The Hall–Kier alpha value is -1.89. The SMILES string of the molecule is CCCCCNC(=O)CSc1n[nH]c(-c2ccncc2)n1. The first-order valence-electron chi connectivity index (χ1n) is 7.02. The second-order valence-corrected chi connectivity index (χ2v) is 5.49. The molecule has 0 saturated carbocycles. The number of unbranched alkanes of at least 4 members (excludes halogenated alkanes) is 2. The summed E-state index contributed by atoms with van der Waals surface area (Å²) in [5, 5.41) is 10.4. The second-order valence-electron chi connectivity index (χ2n) is 4.55. The Morgan fingerprint density at radius 1 is 1.33 bits per heavy atom. The van der Waals surface area contributed by atoms with E-state index in [1.54, 1.807) is 12.4 Å². The van der Waals surface area contributed by atoms with E-state index in [0.717, 1.165) is 31.4 Å². The Morgan fingerprint density at radius 3 is 2.90 bits per heavy atom. The number of rotatable bonds is 8. The largest absolute Gasteiger partial charge is 0.355 e. The van der Waals surface area contributed by atoms with Crippen LogP contribution in [-0.2, 0) is 4.79 Å². The van der Waals surface area contributed by atoms with Gasteiger partial charge in [0.05, 0.1) is 5.75 Å². The summed E-state index contributed by atoms with van der Waals surface area (Å²) >= 11 is 1.33. The van der Waals surface area contributed by atoms with Crippen LogP contribution in [-0.4, -0.2) is 38.4 Å². The molecule has 2 aromatic heterocycles. The zero-order valence-corrected chi connectivity index (χ0v) is 12.8. The molecule has 0 aromatic carbocycles. The summed E-state index contributed by atoms with van der Waals surface area (Å²) in [5.41, 5.74) is 0.924. The smallest absolute Gasteiger partial charge is 0.230 e. The lowest BCUT2D eigenvalue weighted by Crippen LogP contribution is -2.26. The molecule has 0 bridgehead atoms. The Kier molecular flexibility index (Phi) is 6.21. The molecule has 21 heavy (non-hydrogen) atoms. The third-order valence-electron chi connectivity index (χ3n) is 2.85. The van der Waals surface area contributed by atoms with Gasteiger partial charge in [-0.15, -0.1) is 5.10 Å². The van der Waals surface area contributed by atoms with Crippen molar-refractivity contribution in [3.63, 3.8) is 0 Å². The highest BCUT2D eigenvalue weighted by atomic mass is 32.2. The first kappa shape index (κ1) is 15.5. The van der Waals surface area contributed by atoms with E-state index < -0.39 is 0 Å². The fraction of sp³-hybridized carbons (Fsp3) is 0.429. The molecule has 0 unspecified atom stereocenters. The number of carbonyl (C=O) groups excluding carboxylic acids is 1. The number of hydrogen-bond donors (Lipinski definition) is 2. The molecule has 6 nitrogen and oxygen atoms in total. The molecule has 0 aliphatic heterocycles. The highest BCUT2D eigenvalue weighted by Crippen LogP contribution is 2.18. The maximum absolute atomic E-state index is 11.7. The molecule has 0 saturated heterocycles. The van der Waals surface area contributed by atoms with Crippen molar-refractivity contribution >= 4 is 17.7 Å². The first-order valence-corrected chi connectivity index (χ1v) is 8.00. The summed E-state index contributed by atoms with van der Waals surface area (Å²) < 4.78 is 0. The minimum Gasteiger partial charge on any atom is -0.355 e. The van der Waals surface area contributed by atoms with Gasteiger partial charge in [-0.3, -0.25) is 14.9 Å². The number of aromatic nitrogens is 4. The van der Waals surface area contributed by atoms with E-state index in [1.807, 2.05) is 12.1 Å². The van der Waals surface area contributed by atoms with Crippen LogP contribution in [0.3, 0.4) is 0 Å². The molecule has 0 spiro atoms. The minimum absolute atomic E-state index is 0.0198. The van der Waals surface area contributed by atoms with Gasteiger partial charge in [-0.2, -0.15) is 0 Å². The van der Waals surface area contributed by atoms with E-state index in [-0.39, 0.29) is 5.91 Å². The van der Waals surface area contributed by atoms with Crippen LogP contribution in [0.5, 0.6) is 0 Å². The van der Waals surface area contributed by atoms with Crippen molar-refractivity contribution in [1.82, 2.24) is 25.5 Å². The van der Waals surface area contributed by atoms with Gasteiger partial charge in [-0.05, 0) is 18.6 Å². The Labute approximate surface area is 128 Å². The summed E-state index contributed by atoms with van der Waals surface area (Å²) in [7, 11) is 0. The lowest BCUT2D eigenvalue weighted by molar-refractivity contribution is -0.118. The van der Waals surface area contributed by atoms with Gasteiger partial charge in [0.1, 0.15) is 0 Å². The number of hydrogen-bond acceptors (Lipinski definition) is 5. The normalized spacial score (nSPS) is 10.5.